The Kier molecular flexibility index (Phi) is 6.89. The second-order valence-corrected chi connectivity index (χ2v) is 5.46. The Balaban J connectivity index is 2.56. The fraction of sp³-hybridized carbons (Fsp3) is 0.625. The summed E-state index contributed by atoms with van der Waals surface area (Å²) in [6.45, 7) is 7.20. The highest BCUT2D eigenvalue weighted by molar-refractivity contribution is 5.29. The summed E-state index contributed by atoms with van der Waals surface area (Å²) in [5, 5.41) is 0. The zero-order valence-electron chi connectivity index (χ0n) is 12.6. The van der Waals surface area contributed by atoms with Crippen molar-refractivity contribution >= 4 is 0 Å². The van der Waals surface area contributed by atoms with Gasteiger partial charge < -0.3 is 15.2 Å². The zero-order valence-corrected chi connectivity index (χ0v) is 12.6. The van der Waals surface area contributed by atoms with Crippen molar-refractivity contribution in [3.63, 3.8) is 0 Å². The third kappa shape index (κ3) is 5.62. The molecule has 19 heavy (non-hydrogen) atoms. The van der Waals surface area contributed by atoms with Gasteiger partial charge in [-0.05, 0) is 43.4 Å². The van der Waals surface area contributed by atoms with Gasteiger partial charge in [0, 0.05) is 12.6 Å². The van der Waals surface area contributed by atoms with Crippen LogP contribution >= 0.6 is 0 Å². The lowest BCUT2D eigenvalue weighted by atomic mass is 10.0. The van der Waals surface area contributed by atoms with Gasteiger partial charge in [0.2, 0.25) is 0 Å². The van der Waals surface area contributed by atoms with Gasteiger partial charge in [0.15, 0.2) is 0 Å². The molecule has 3 nitrogen and oxygen atoms in total. The molecule has 108 valence electrons. The normalized spacial score (nSPS) is 14.4. The van der Waals surface area contributed by atoms with E-state index in [2.05, 4.69) is 13.8 Å². The van der Waals surface area contributed by atoms with E-state index in [1.165, 1.54) is 6.42 Å². The standard InChI is InChI=1S/C16H27NO2/c1-12(2)6-5-11-19-16(13(3)17)14-7-9-15(18-4)10-8-14/h7-10,12-13,16H,5-6,11,17H2,1-4H3. The Morgan fingerprint density at radius 3 is 2.21 bits per heavy atom. The Morgan fingerprint density at radius 1 is 1.11 bits per heavy atom. The third-order valence-corrected chi connectivity index (χ3v) is 3.15. The van der Waals surface area contributed by atoms with E-state index < -0.39 is 0 Å². The van der Waals surface area contributed by atoms with E-state index in [9.17, 15) is 0 Å². The SMILES string of the molecule is COc1ccc(C(OCCCC(C)C)C(C)N)cc1. The van der Waals surface area contributed by atoms with E-state index in [4.69, 9.17) is 15.2 Å². The average molecular weight is 265 g/mol. The lowest BCUT2D eigenvalue weighted by molar-refractivity contribution is 0.0348. The molecule has 1 aromatic rings. The summed E-state index contributed by atoms with van der Waals surface area (Å²) in [5.74, 6) is 1.57. The summed E-state index contributed by atoms with van der Waals surface area (Å²) in [4.78, 5) is 0. The van der Waals surface area contributed by atoms with Crippen LogP contribution in [0.25, 0.3) is 0 Å². The van der Waals surface area contributed by atoms with Gasteiger partial charge in [-0.15, -0.1) is 0 Å². The molecule has 0 spiro atoms. The summed E-state index contributed by atoms with van der Waals surface area (Å²) < 4.78 is 11.1. The maximum absolute atomic E-state index is 6.03. The molecule has 1 rings (SSSR count). The summed E-state index contributed by atoms with van der Waals surface area (Å²) in [6.07, 6.45) is 2.23. The Bertz CT molecular complexity index is 346. The number of hydrogen-bond acceptors (Lipinski definition) is 3. The molecule has 0 aliphatic heterocycles. The topological polar surface area (TPSA) is 44.5 Å². The molecule has 1 aromatic carbocycles. The molecule has 0 radical (unpaired) electrons. The van der Waals surface area contributed by atoms with E-state index in [0.717, 1.165) is 30.3 Å². The molecule has 0 aliphatic carbocycles. The molecule has 0 bridgehead atoms. The molecule has 3 heteroatoms. The summed E-state index contributed by atoms with van der Waals surface area (Å²) in [7, 11) is 1.67. The predicted molar refractivity (Wildman–Crippen MR) is 79.4 cm³/mol. The third-order valence-electron chi connectivity index (χ3n) is 3.15. The molecule has 0 aliphatic rings. The van der Waals surface area contributed by atoms with Gasteiger partial charge >= 0.3 is 0 Å². The van der Waals surface area contributed by atoms with Crippen LogP contribution in [0.3, 0.4) is 0 Å². The Hall–Kier alpha value is -1.06. The van der Waals surface area contributed by atoms with Crippen LogP contribution in [0.15, 0.2) is 24.3 Å². The van der Waals surface area contributed by atoms with E-state index in [-0.39, 0.29) is 12.1 Å². The fourth-order valence-electron chi connectivity index (χ4n) is 2.05. The minimum absolute atomic E-state index is 0.0209. The first-order valence-electron chi connectivity index (χ1n) is 7.05. The zero-order chi connectivity index (χ0) is 14.3. The van der Waals surface area contributed by atoms with Gasteiger partial charge in [0.05, 0.1) is 13.2 Å². The van der Waals surface area contributed by atoms with Gasteiger partial charge in [0.25, 0.3) is 0 Å². The second kappa shape index (κ2) is 8.18. The summed E-state index contributed by atoms with van der Waals surface area (Å²) in [5.41, 5.74) is 7.14. The first-order chi connectivity index (χ1) is 9.04. The van der Waals surface area contributed by atoms with Crippen molar-refractivity contribution < 1.29 is 9.47 Å². The number of rotatable bonds is 8. The minimum atomic E-state index is -0.0435. The lowest BCUT2D eigenvalue weighted by Crippen LogP contribution is -2.27. The van der Waals surface area contributed by atoms with Crippen molar-refractivity contribution in [3.05, 3.63) is 29.8 Å². The van der Waals surface area contributed by atoms with Crippen molar-refractivity contribution in [3.8, 4) is 5.75 Å². The molecule has 2 unspecified atom stereocenters. The smallest absolute Gasteiger partial charge is 0.118 e. The summed E-state index contributed by atoms with van der Waals surface area (Å²) in [6, 6.07) is 7.92. The van der Waals surface area contributed by atoms with Crippen molar-refractivity contribution in [2.24, 2.45) is 11.7 Å². The monoisotopic (exact) mass is 265 g/mol. The van der Waals surface area contributed by atoms with Crippen molar-refractivity contribution in [2.45, 2.75) is 45.8 Å². The molecular weight excluding hydrogens is 238 g/mol. The highest BCUT2D eigenvalue weighted by Gasteiger charge is 2.16. The molecule has 0 heterocycles. The predicted octanol–water partition coefficient (Wildman–Crippen LogP) is 3.54. The molecule has 0 aromatic heterocycles. The van der Waals surface area contributed by atoms with Crippen molar-refractivity contribution in [1.82, 2.24) is 0 Å². The molecule has 2 atom stereocenters. The fourth-order valence-corrected chi connectivity index (χ4v) is 2.05. The molecular formula is C16H27NO2. The quantitative estimate of drug-likeness (QED) is 0.731. The van der Waals surface area contributed by atoms with Crippen LogP contribution in [0.1, 0.15) is 45.3 Å². The molecule has 2 N–H and O–H groups in total. The van der Waals surface area contributed by atoms with Crippen LogP contribution in [-0.4, -0.2) is 19.8 Å². The first kappa shape index (κ1) is 16.0. The van der Waals surface area contributed by atoms with Crippen molar-refractivity contribution in [2.75, 3.05) is 13.7 Å². The second-order valence-electron chi connectivity index (χ2n) is 5.46. The first-order valence-corrected chi connectivity index (χ1v) is 7.05. The maximum atomic E-state index is 6.03. The van der Waals surface area contributed by atoms with E-state index in [1.54, 1.807) is 7.11 Å². The molecule has 0 amide bonds. The van der Waals surface area contributed by atoms with Crippen molar-refractivity contribution in [1.29, 1.82) is 0 Å². The van der Waals surface area contributed by atoms with Crippen LogP contribution in [-0.2, 0) is 4.74 Å². The van der Waals surface area contributed by atoms with Crippen LogP contribution in [0.2, 0.25) is 0 Å². The number of hydrogen-bond donors (Lipinski definition) is 1. The molecule has 0 saturated carbocycles. The van der Waals surface area contributed by atoms with Gasteiger partial charge in [-0.1, -0.05) is 26.0 Å². The Morgan fingerprint density at radius 2 is 1.74 bits per heavy atom. The highest BCUT2D eigenvalue weighted by Crippen LogP contribution is 2.23. The highest BCUT2D eigenvalue weighted by atomic mass is 16.5. The van der Waals surface area contributed by atoms with Gasteiger partial charge in [-0.25, -0.2) is 0 Å². The van der Waals surface area contributed by atoms with E-state index in [1.807, 2.05) is 31.2 Å². The summed E-state index contributed by atoms with van der Waals surface area (Å²) >= 11 is 0. The number of benzene rings is 1. The van der Waals surface area contributed by atoms with Crippen LogP contribution < -0.4 is 10.5 Å². The Labute approximate surface area is 117 Å². The molecule has 0 fully saturated rings. The minimum Gasteiger partial charge on any atom is -0.497 e. The number of methoxy groups -OCH3 is 1. The van der Waals surface area contributed by atoms with Crippen LogP contribution in [0, 0.1) is 5.92 Å². The van der Waals surface area contributed by atoms with Gasteiger partial charge in [0.1, 0.15) is 5.75 Å². The van der Waals surface area contributed by atoms with Crippen LogP contribution in [0.5, 0.6) is 5.75 Å². The average Bonchev–Trinajstić information content (AvgIpc) is 2.38. The maximum Gasteiger partial charge on any atom is 0.118 e. The van der Waals surface area contributed by atoms with E-state index >= 15 is 0 Å². The van der Waals surface area contributed by atoms with Gasteiger partial charge in [-0.2, -0.15) is 0 Å². The largest absolute Gasteiger partial charge is 0.497 e. The number of nitrogens with two attached hydrogens (primary N) is 1. The molecule has 0 saturated heterocycles. The number of ether oxygens (including phenoxy) is 2. The lowest BCUT2D eigenvalue weighted by Gasteiger charge is -2.22. The van der Waals surface area contributed by atoms with Crippen LogP contribution in [0.4, 0.5) is 0 Å². The van der Waals surface area contributed by atoms with E-state index in [0.29, 0.717) is 0 Å². The van der Waals surface area contributed by atoms with Gasteiger partial charge in [-0.3, -0.25) is 0 Å².